The summed E-state index contributed by atoms with van der Waals surface area (Å²) in [5.74, 6) is 2.66. The van der Waals surface area contributed by atoms with Gasteiger partial charge in [0, 0.05) is 0 Å². The third-order valence-electron chi connectivity index (χ3n) is 14.6. The number of hydrogen-bond acceptors (Lipinski definition) is 3. The van der Waals surface area contributed by atoms with E-state index in [1.54, 1.807) is 0 Å². The van der Waals surface area contributed by atoms with Crippen LogP contribution in [0.25, 0.3) is 0 Å². The van der Waals surface area contributed by atoms with Crippen LogP contribution in [0.5, 0.6) is 17.2 Å². The van der Waals surface area contributed by atoms with Crippen LogP contribution in [0.4, 0.5) is 0 Å². The second-order valence-corrected chi connectivity index (χ2v) is 21.3. The average Bonchev–Trinajstić information content (AvgIpc) is 3.34. The maximum absolute atomic E-state index is 6.65. The van der Waals surface area contributed by atoms with Gasteiger partial charge in [0.05, 0.1) is 19.8 Å². The van der Waals surface area contributed by atoms with Crippen molar-refractivity contribution in [1.29, 1.82) is 0 Å². The molecule has 0 unspecified atom stereocenters. The monoisotopic (exact) mass is 938 g/mol. The lowest BCUT2D eigenvalue weighted by Crippen LogP contribution is -2.07. The summed E-state index contributed by atoms with van der Waals surface area (Å²) in [4.78, 5) is 0. The molecule has 0 saturated carbocycles. The zero-order valence-corrected chi connectivity index (χ0v) is 46.3. The Morgan fingerprint density at radius 3 is 0.701 bits per heavy atom. The first kappa shape index (κ1) is 63.6. The van der Waals surface area contributed by atoms with Gasteiger partial charge in [-0.2, -0.15) is 0 Å². The van der Waals surface area contributed by atoms with E-state index in [4.69, 9.17) is 14.2 Å². The molecule has 0 aliphatic rings. The molecule has 0 aromatic heterocycles. The molecule has 67 heavy (non-hydrogen) atoms. The highest BCUT2D eigenvalue weighted by atomic mass is 16.5. The van der Waals surface area contributed by atoms with Crippen LogP contribution in [0, 0.1) is 6.92 Å². The minimum atomic E-state index is 0.738. The van der Waals surface area contributed by atoms with E-state index < -0.39 is 0 Å². The largest absolute Gasteiger partial charge is 0.490 e. The van der Waals surface area contributed by atoms with E-state index in [1.165, 1.54) is 295 Å². The third kappa shape index (κ3) is 44.3. The average molecular weight is 939 g/mol. The van der Waals surface area contributed by atoms with Gasteiger partial charge in [-0.05, 0) is 49.8 Å². The van der Waals surface area contributed by atoms with Crippen LogP contribution >= 0.6 is 0 Å². The SMILES string of the molecule is [CH2]CCCc1cc(OCCCCCCCCCCCCCCCCCC)c(OCCCCCCCCCCCCCCCCCC)c(OCCCCCCCCCCCCCCCCCC)c1. The summed E-state index contributed by atoms with van der Waals surface area (Å²) in [5.41, 5.74) is 1.29. The van der Waals surface area contributed by atoms with E-state index in [0.29, 0.717) is 0 Å². The van der Waals surface area contributed by atoms with Crippen LogP contribution in [0.15, 0.2) is 12.1 Å². The molecule has 0 heterocycles. The lowest BCUT2D eigenvalue weighted by atomic mass is 10.0. The summed E-state index contributed by atoms with van der Waals surface area (Å²) in [6, 6.07) is 4.51. The van der Waals surface area contributed by atoms with E-state index in [1.807, 2.05) is 0 Å². The smallest absolute Gasteiger partial charge is 0.203 e. The van der Waals surface area contributed by atoms with Crippen molar-refractivity contribution in [3.05, 3.63) is 24.6 Å². The van der Waals surface area contributed by atoms with Gasteiger partial charge in [0.25, 0.3) is 0 Å². The highest BCUT2D eigenvalue weighted by Crippen LogP contribution is 2.40. The summed E-state index contributed by atoms with van der Waals surface area (Å²) in [6.45, 7) is 13.3. The molecule has 395 valence electrons. The van der Waals surface area contributed by atoms with Crippen molar-refractivity contribution in [3.8, 4) is 17.2 Å². The molecule has 0 N–H and O–H groups in total. The summed E-state index contributed by atoms with van der Waals surface area (Å²) in [6.07, 6.45) is 69.5. The number of rotatable bonds is 57. The number of aryl methyl sites for hydroxylation is 1. The van der Waals surface area contributed by atoms with Crippen LogP contribution in [-0.4, -0.2) is 19.8 Å². The van der Waals surface area contributed by atoms with E-state index in [-0.39, 0.29) is 0 Å². The molecule has 0 saturated heterocycles. The van der Waals surface area contributed by atoms with Gasteiger partial charge in [-0.25, -0.2) is 0 Å². The molecule has 1 rings (SSSR count). The number of unbranched alkanes of at least 4 members (excludes halogenated alkanes) is 46. The normalized spacial score (nSPS) is 11.5. The van der Waals surface area contributed by atoms with Gasteiger partial charge in [0.1, 0.15) is 0 Å². The van der Waals surface area contributed by atoms with Gasteiger partial charge in [0.15, 0.2) is 11.5 Å². The highest BCUT2D eigenvalue weighted by Gasteiger charge is 2.16. The molecule has 0 atom stereocenters. The Labute approximate surface area is 422 Å². The second kappa shape index (κ2) is 54.0. The van der Waals surface area contributed by atoms with Crippen LogP contribution in [0.3, 0.4) is 0 Å². The second-order valence-electron chi connectivity index (χ2n) is 21.3. The van der Waals surface area contributed by atoms with Crippen LogP contribution in [0.2, 0.25) is 0 Å². The predicted octanol–water partition coefficient (Wildman–Crippen LogP) is 22.8. The predicted molar refractivity (Wildman–Crippen MR) is 300 cm³/mol. The van der Waals surface area contributed by atoms with Gasteiger partial charge in [-0.3, -0.25) is 0 Å². The number of ether oxygens (including phenoxy) is 3. The quantitative estimate of drug-likeness (QED) is 0.0609. The molecule has 1 radical (unpaired) electrons. The fourth-order valence-corrected chi connectivity index (χ4v) is 9.95. The summed E-state index contributed by atoms with van der Waals surface area (Å²) in [5, 5.41) is 0. The van der Waals surface area contributed by atoms with Crippen LogP contribution < -0.4 is 14.2 Å². The van der Waals surface area contributed by atoms with Gasteiger partial charge < -0.3 is 14.2 Å². The van der Waals surface area contributed by atoms with E-state index in [2.05, 4.69) is 39.8 Å². The minimum Gasteiger partial charge on any atom is -0.490 e. The Hall–Kier alpha value is -1.38. The molecular formula is C64H121O3. The highest BCUT2D eigenvalue weighted by molar-refractivity contribution is 5.54. The Morgan fingerprint density at radius 2 is 0.478 bits per heavy atom. The van der Waals surface area contributed by atoms with Crippen molar-refractivity contribution in [2.75, 3.05) is 19.8 Å². The van der Waals surface area contributed by atoms with Crippen molar-refractivity contribution in [3.63, 3.8) is 0 Å². The van der Waals surface area contributed by atoms with Crippen LogP contribution in [-0.2, 0) is 6.42 Å². The molecular weight excluding hydrogens is 817 g/mol. The maximum Gasteiger partial charge on any atom is 0.203 e. The lowest BCUT2D eigenvalue weighted by molar-refractivity contribution is 0.234. The molecule has 3 heteroatoms. The Morgan fingerprint density at radius 1 is 0.269 bits per heavy atom. The summed E-state index contributed by atoms with van der Waals surface area (Å²) < 4.78 is 19.9. The van der Waals surface area contributed by atoms with E-state index in [0.717, 1.165) is 75.6 Å². The molecule has 0 aliphatic heterocycles. The van der Waals surface area contributed by atoms with Crippen molar-refractivity contribution < 1.29 is 14.2 Å². The fraction of sp³-hybridized carbons (Fsp3) is 0.891. The van der Waals surface area contributed by atoms with Crippen molar-refractivity contribution in [1.82, 2.24) is 0 Å². The molecule has 0 bridgehead atoms. The van der Waals surface area contributed by atoms with Crippen molar-refractivity contribution in [2.24, 2.45) is 0 Å². The first-order valence-corrected chi connectivity index (χ1v) is 31.1. The molecule has 3 nitrogen and oxygen atoms in total. The van der Waals surface area contributed by atoms with Gasteiger partial charge >= 0.3 is 0 Å². The maximum atomic E-state index is 6.65. The molecule has 1 aromatic carbocycles. The minimum absolute atomic E-state index is 0.738. The number of benzene rings is 1. The molecule has 0 amide bonds. The zero-order chi connectivity index (χ0) is 48.0. The Bertz CT molecular complexity index is 1020. The lowest BCUT2D eigenvalue weighted by Gasteiger charge is -2.19. The van der Waals surface area contributed by atoms with Gasteiger partial charge in [0.2, 0.25) is 5.75 Å². The third-order valence-corrected chi connectivity index (χ3v) is 14.6. The van der Waals surface area contributed by atoms with Gasteiger partial charge in [-0.1, -0.05) is 323 Å². The Kier molecular flexibility index (Phi) is 51.3. The first-order chi connectivity index (χ1) is 33.3. The molecule has 0 fully saturated rings. The number of hydrogen-bond donors (Lipinski definition) is 0. The summed E-state index contributed by atoms with van der Waals surface area (Å²) in [7, 11) is 0. The van der Waals surface area contributed by atoms with Crippen molar-refractivity contribution >= 4 is 0 Å². The van der Waals surface area contributed by atoms with E-state index in [9.17, 15) is 0 Å². The first-order valence-electron chi connectivity index (χ1n) is 31.1. The van der Waals surface area contributed by atoms with Crippen molar-refractivity contribution in [2.45, 2.75) is 348 Å². The summed E-state index contributed by atoms with van der Waals surface area (Å²) >= 11 is 0. The topological polar surface area (TPSA) is 27.7 Å². The molecule has 0 aliphatic carbocycles. The molecule has 0 spiro atoms. The van der Waals surface area contributed by atoms with E-state index >= 15 is 0 Å². The molecule has 1 aromatic rings. The van der Waals surface area contributed by atoms with Crippen LogP contribution in [0.1, 0.15) is 347 Å². The Balaban J connectivity index is 2.50. The standard InChI is InChI=1S/C64H121O3/c1-5-9-13-16-19-22-25-28-31-34-37-40-43-46-49-52-56-65-62-59-61(55-12-8-4)60-63(66-57-53-50-47-44-41-38-35-32-29-26-23-20-17-14-10-6-2)64(62)67-58-54-51-48-45-42-39-36-33-30-27-24-21-18-15-11-7-3/h59-60H,4-58H2,1-3H3. The fourth-order valence-electron chi connectivity index (χ4n) is 9.95. The zero-order valence-electron chi connectivity index (χ0n) is 46.3. The van der Waals surface area contributed by atoms with Gasteiger partial charge in [-0.15, -0.1) is 0 Å².